The topological polar surface area (TPSA) is 59.1 Å². The molecule has 0 spiro atoms. The molecule has 1 amide bonds. The summed E-state index contributed by atoms with van der Waals surface area (Å²) in [6, 6.07) is 0. The normalized spacial score (nSPS) is 31.2. The molecular weight excluding hydrogens is 194 g/mol. The van der Waals surface area contributed by atoms with E-state index in [0.29, 0.717) is 6.42 Å². The second kappa shape index (κ2) is 3.19. The molecule has 2 aliphatic rings. The summed E-state index contributed by atoms with van der Waals surface area (Å²) in [7, 11) is 0. The fourth-order valence-corrected chi connectivity index (χ4v) is 1.38. The minimum Gasteiger partial charge on any atom is -0.344 e. The number of carbonyl (C=O) groups is 2. The van der Waals surface area contributed by atoms with Crippen LogP contribution in [-0.4, -0.2) is 35.0 Å². The van der Waals surface area contributed by atoms with E-state index in [1.54, 1.807) is 0 Å². The van der Waals surface area contributed by atoms with Gasteiger partial charge in [0.05, 0.1) is 0 Å². The maximum atomic E-state index is 11.2. The zero-order valence-corrected chi connectivity index (χ0v) is 7.86. The Morgan fingerprint density at radius 1 is 1.77 bits per heavy atom. The molecule has 0 N–H and O–H groups in total. The first-order valence-electron chi connectivity index (χ1n) is 4.05. The number of hydrogen-bond donors (Lipinski definition) is 0. The van der Waals surface area contributed by atoms with Gasteiger partial charge in [0.25, 0.3) is 5.91 Å². The van der Waals surface area contributed by atoms with E-state index in [4.69, 9.17) is 9.57 Å². The highest BCUT2D eigenvalue weighted by molar-refractivity contribution is 7.59. The molecule has 2 rings (SSSR count). The second-order valence-electron chi connectivity index (χ2n) is 2.96. The first-order chi connectivity index (χ1) is 6.22. The highest BCUT2D eigenvalue weighted by Gasteiger charge is 2.51. The SMILES string of the molecule is O=C(C[SH2+])ON1C(=O)CCC2OC21. The lowest BCUT2D eigenvalue weighted by atomic mass is 10.1. The summed E-state index contributed by atoms with van der Waals surface area (Å²) in [4.78, 5) is 26.9. The molecule has 0 saturated carbocycles. The molecule has 2 aliphatic heterocycles. The molecule has 2 unspecified atom stereocenters. The Bertz CT molecular complexity index is 257. The van der Waals surface area contributed by atoms with Crippen LogP contribution in [0.15, 0.2) is 0 Å². The van der Waals surface area contributed by atoms with Crippen LogP contribution in [0.4, 0.5) is 0 Å². The molecule has 2 heterocycles. The van der Waals surface area contributed by atoms with Gasteiger partial charge in [0.1, 0.15) is 6.10 Å². The molecule has 72 valence electrons. The Balaban J connectivity index is 1.96. The third kappa shape index (κ3) is 1.64. The highest BCUT2D eigenvalue weighted by Crippen LogP contribution is 2.35. The molecule has 0 aromatic heterocycles. The molecule has 0 aliphatic carbocycles. The lowest BCUT2D eigenvalue weighted by molar-refractivity contribution is -0.205. The van der Waals surface area contributed by atoms with Gasteiger partial charge in [-0.2, -0.15) is 0 Å². The van der Waals surface area contributed by atoms with Gasteiger partial charge in [-0.05, 0) is 19.0 Å². The molecule has 0 aromatic carbocycles. The van der Waals surface area contributed by atoms with Gasteiger partial charge in [0, 0.05) is 6.42 Å². The van der Waals surface area contributed by atoms with Crippen molar-refractivity contribution in [3.63, 3.8) is 0 Å². The van der Waals surface area contributed by atoms with Crippen molar-refractivity contribution < 1.29 is 19.2 Å². The Hall–Kier alpha value is -0.750. The first-order valence-corrected chi connectivity index (χ1v) is 4.76. The largest absolute Gasteiger partial charge is 0.381 e. The summed E-state index contributed by atoms with van der Waals surface area (Å²) in [5.74, 6) is -0.602. The molecule has 0 aromatic rings. The van der Waals surface area contributed by atoms with Gasteiger partial charge in [-0.25, -0.2) is 4.79 Å². The number of piperidine rings is 1. The van der Waals surface area contributed by atoms with Gasteiger partial charge in [0.2, 0.25) is 5.75 Å². The van der Waals surface area contributed by atoms with Crippen molar-refractivity contribution >= 4 is 24.5 Å². The zero-order chi connectivity index (χ0) is 9.42. The first kappa shape index (κ1) is 8.83. The fraction of sp³-hybridized carbons (Fsp3) is 0.714. The van der Waals surface area contributed by atoms with Crippen LogP contribution in [0, 0.1) is 0 Å². The van der Waals surface area contributed by atoms with Gasteiger partial charge in [-0.15, -0.1) is 5.06 Å². The molecule has 2 atom stereocenters. The van der Waals surface area contributed by atoms with Crippen molar-refractivity contribution in [2.24, 2.45) is 0 Å². The maximum absolute atomic E-state index is 11.2. The van der Waals surface area contributed by atoms with Crippen LogP contribution in [0.5, 0.6) is 0 Å². The fourth-order valence-electron chi connectivity index (χ4n) is 1.31. The van der Waals surface area contributed by atoms with Crippen molar-refractivity contribution in [2.75, 3.05) is 5.75 Å². The van der Waals surface area contributed by atoms with E-state index in [-0.39, 0.29) is 24.0 Å². The van der Waals surface area contributed by atoms with Gasteiger partial charge in [-0.1, -0.05) is 0 Å². The van der Waals surface area contributed by atoms with E-state index in [9.17, 15) is 9.59 Å². The molecule has 2 fully saturated rings. The van der Waals surface area contributed by atoms with E-state index in [2.05, 4.69) is 12.6 Å². The lowest BCUT2D eigenvalue weighted by Crippen LogP contribution is -2.40. The number of amides is 1. The monoisotopic (exact) mass is 204 g/mol. The maximum Gasteiger partial charge on any atom is 0.381 e. The smallest absolute Gasteiger partial charge is 0.344 e. The zero-order valence-electron chi connectivity index (χ0n) is 6.86. The number of hydroxylamine groups is 2. The average molecular weight is 204 g/mol. The van der Waals surface area contributed by atoms with Crippen molar-refractivity contribution in [2.45, 2.75) is 25.2 Å². The van der Waals surface area contributed by atoms with Crippen molar-refractivity contribution in [1.82, 2.24) is 5.06 Å². The molecule has 2 saturated heterocycles. The number of nitrogens with zero attached hydrogens (tertiary/aromatic N) is 1. The number of fused-ring (bicyclic) bond motifs is 1. The van der Waals surface area contributed by atoms with Crippen molar-refractivity contribution in [3.05, 3.63) is 0 Å². The predicted molar refractivity (Wildman–Crippen MR) is 45.9 cm³/mol. The summed E-state index contributed by atoms with van der Waals surface area (Å²) in [6.07, 6.45) is 0.852. The summed E-state index contributed by atoms with van der Waals surface area (Å²) in [5, 5.41) is 1.04. The van der Waals surface area contributed by atoms with Gasteiger partial charge in [0.15, 0.2) is 6.23 Å². The average Bonchev–Trinajstić information content (AvgIpc) is 2.88. The minimum atomic E-state index is -0.485. The third-order valence-corrected chi connectivity index (χ3v) is 2.31. The van der Waals surface area contributed by atoms with Crippen molar-refractivity contribution in [3.8, 4) is 0 Å². The van der Waals surface area contributed by atoms with Crippen LogP contribution in [0.1, 0.15) is 12.8 Å². The van der Waals surface area contributed by atoms with Gasteiger partial charge in [-0.3, -0.25) is 4.79 Å². The standard InChI is InChI=1S/C7H9NO4S/c9-5-2-1-4-7(11-4)8(5)12-6(10)3-13/h4,7,13H,1-3H2/p+1. The van der Waals surface area contributed by atoms with Gasteiger partial charge < -0.3 is 9.57 Å². The van der Waals surface area contributed by atoms with Crippen LogP contribution < -0.4 is 0 Å². The summed E-state index contributed by atoms with van der Waals surface area (Å²) in [5.41, 5.74) is 0. The van der Waals surface area contributed by atoms with E-state index >= 15 is 0 Å². The summed E-state index contributed by atoms with van der Waals surface area (Å²) >= 11 is 2.99. The number of epoxide rings is 1. The predicted octanol–water partition coefficient (Wildman–Crippen LogP) is -1.20. The van der Waals surface area contributed by atoms with Crippen molar-refractivity contribution in [1.29, 1.82) is 0 Å². The van der Waals surface area contributed by atoms with E-state index in [0.717, 1.165) is 11.5 Å². The Morgan fingerprint density at radius 2 is 2.54 bits per heavy atom. The quantitative estimate of drug-likeness (QED) is 0.419. The van der Waals surface area contributed by atoms with E-state index in [1.807, 2.05) is 0 Å². The molecule has 13 heavy (non-hydrogen) atoms. The Labute approximate surface area is 80.3 Å². The van der Waals surface area contributed by atoms with Crippen LogP contribution in [0.3, 0.4) is 0 Å². The van der Waals surface area contributed by atoms with Crippen LogP contribution in [0.25, 0.3) is 0 Å². The van der Waals surface area contributed by atoms with Crippen LogP contribution in [0.2, 0.25) is 0 Å². The minimum absolute atomic E-state index is 0.0696. The molecule has 5 nitrogen and oxygen atoms in total. The molecule has 0 radical (unpaired) electrons. The Morgan fingerprint density at radius 3 is 3.23 bits per heavy atom. The molecular formula is C7H10NO4S+. The molecule has 0 bridgehead atoms. The summed E-state index contributed by atoms with van der Waals surface area (Å²) in [6.45, 7) is 0. The third-order valence-electron chi connectivity index (χ3n) is 2.02. The van der Waals surface area contributed by atoms with E-state index < -0.39 is 5.97 Å². The number of hydrogen-bond acceptors (Lipinski definition) is 4. The van der Waals surface area contributed by atoms with Crippen LogP contribution in [-0.2, 0) is 31.8 Å². The lowest BCUT2D eigenvalue weighted by Gasteiger charge is -2.20. The van der Waals surface area contributed by atoms with Gasteiger partial charge >= 0.3 is 5.97 Å². The Kier molecular flexibility index (Phi) is 2.17. The van der Waals surface area contributed by atoms with Crippen LogP contribution >= 0.6 is 0 Å². The molecule has 6 heteroatoms. The number of carbonyl (C=O) groups excluding carboxylic acids is 2. The summed E-state index contributed by atoms with van der Waals surface area (Å²) < 4.78 is 5.12. The number of rotatable bonds is 2. The second-order valence-corrected chi connectivity index (χ2v) is 3.32. The van der Waals surface area contributed by atoms with E-state index in [1.165, 1.54) is 0 Å². The number of ether oxygens (including phenoxy) is 1. The highest BCUT2D eigenvalue weighted by atomic mass is 32.1.